The molecule has 28 unspecified atom stereocenters. The van der Waals surface area contributed by atoms with Gasteiger partial charge in [-0.15, -0.1) is 0 Å². The Morgan fingerprint density at radius 2 is 0.462 bits per heavy atom. The Bertz CT molecular complexity index is 2440. The molecule has 12 rings (SSSR count). The van der Waals surface area contributed by atoms with Crippen LogP contribution in [0.4, 0.5) is 0 Å². The predicted molar refractivity (Wildman–Crippen MR) is 325 cm³/mol. The molecule has 446 valence electrons. The Hall–Kier alpha value is 2.44. The zero-order valence-corrected chi connectivity index (χ0v) is 54.7. The van der Waals surface area contributed by atoms with Gasteiger partial charge in [-0.3, -0.25) is 0 Å². The maximum absolute atomic E-state index is 11.7. The molecule has 0 spiro atoms. The Morgan fingerprint density at radius 3 is 0.654 bits per heavy atom. The molecule has 8 aliphatic heterocycles. The fourth-order valence-electron chi connectivity index (χ4n) is 19.4. The third kappa shape index (κ3) is 13.0. The van der Waals surface area contributed by atoms with Crippen molar-refractivity contribution in [1.82, 2.24) is 0 Å². The molecule has 0 bridgehead atoms. The van der Waals surface area contributed by atoms with Crippen molar-refractivity contribution >= 4 is 135 Å². The Balaban J connectivity index is 0.720. The molecule has 8 heterocycles. The standard InChI is InChI=1S/C54H86O12S12/c1-27-19-33-29(11-3-7-15-75(55,56)57)35-21-41(69-49(35)47(33)67-27)43-23-37-31(13-5-9-17-77(61,62)63)39-25-45(73-53(39)51(37)71-43)46-26-40-32(14-6-10-18-78(64,65)66)38-24-44(72-52(38)54(40)74-46)42-22-36-30(12-4-8-16-76(58,59)60)34-20-28(2)68-48(34)50(36)70-42/h27-54H,3-26H2,1-2H3,(H,55,56,57)(H,58,59,60)(H,61,62,63)(H,64,65,66)/p-4. The summed E-state index contributed by atoms with van der Waals surface area (Å²) in [7, 11) is -16.9. The van der Waals surface area contributed by atoms with Crippen LogP contribution in [0.25, 0.3) is 0 Å². The molecule has 8 saturated heterocycles. The molecule has 0 N–H and O–H groups in total. The fourth-order valence-corrected chi connectivity index (χ4v) is 39.2. The first kappa shape index (κ1) is 60.7. The Morgan fingerprint density at radius 1 is 0.282 bits per heavy atom. The van der Waals surface area contributed by atoms with Gasteiger partial charge in [0.25, 0.3) is 0 Å². The van der Waals surface area contributed by atoms with Gasteiger partial charge in [0, 0.05) is 107 Å². The van der Waals surface area contributed by atoms with Gasteiger partial charge in [0.2, 0.25) is 0 Å². The number of hydrogen-bond acceptors (Lipinski definition) is 20. The van der Waals surface area contributed by atoms with Crippen molar-refractivity contribution in [2.75, 3.05) is 23.0 Å². The van der Waals surface area contributed by atoms with E-state index in [9.17, 15) is 51.9 Å². The largest absolute Gasteiger partial charge is 0.748 e. The van der Waals surface area contributed by atoms with Crippen molar-refractivity contribution < 1.29 is 51.9 Å². The molecule has 12 aliphatic rings. The summed E-state index contributed by atoms with van der Waals surface area (Å²) >= 11 is 18.2. The number of thioether (sulfide) groups is 8. The number of unbranched alkanes of at least 4 members (excludes halogenated alkanes) is 4. The van der Waals surface area contributed by atoms with Crippen LogP contribution in [0.5, 0.6) is 0 Å². The lowest BCUT2D eigenvalue weighted by Crippen LogP contribution is -2.26. The maximum Gasteiger partial charge on any atom is 0.0945 e. The van der Waals surface area contributed by atoms with Gasteiger partial charge >= 0.3 is 0 Å². The smallest absolute Gasteiger partial charge is 0.0945 e. The highest BCUT2D eigenvalue weighted by atomic mass is 32.2. The van der Waals surface area contributed by atoms with Gasteiger partial charge in [-0.25, -0.2) is 33.7 Å². The molecule has 4 saturated carbocycles. The van der Waals surface area contributed by atoms with E-state index in [1.807, 2.05) is 0 Å². The van der Waals surface area contributed by atoms with Crippen LogP contribution in [-0.2, 0) is 40.5 Å². The first-order chi connectivity index (χ1) is 36.9. The van der Waals surface area contributed by atoms with Crippen LogP contribution in [0.2, 0.25) is 0 Å². The molecule has 0 radical (unpaired) electrons. The lowest BCUT2D eigenvalue weighted by Gasteiger charge is -2.28. The predicted octanol–water partition coefficient (Wildman–Crippen LogP) is 10.3. The summed E-state index contributed by atoms with van der Waals surface area (Å²) in [4.78, 5) is 0. The second kappa shape index (κ2) is 24.1. The van der Waals surface area contributed by atoms with Gasteiger partial charge in [0.15, 0.2) is 0 Å². The van der Waals surface area contributed by atoms with Gasteiger partial charge in [0.1, 0.15) is 0 Å². The third-order valence-electron chi connectivity index (χ3n) is 22.0. The van der Waals surface area contributed by atoms with E-state index in [2.05, 4.69) is 108 Å². The molecule has 4 aliphatic carbocycles. The summed E-state index contributed by atoms with van der Waals surface area (Å²) in [6.07, 6.45) is 18.7. The molecular weight excluding hydrogens is 1230 g/mol. The number of fused-ring (bicyclic) bond motifs is 12. The highest BCUT2D eigenvalue weighted by Crippen LogP contribution is 2.72. The fraction of sp³-hybridized carbons (Fsp3) is 1.00. The van der Waals surface area contributed by atoms with Gasteiger partial charge in [-0.2, -0.15) is 94.1 Å². The van der Waals surface area contributed by atoms with Crippen LogP contribution < -0.4 is 0 Å². The van der Waals surface area contributed by atoms with Crippen molar-refractivity contribution in [3.05, 3.63) is 0 Å². The summed E-state index contributed by atoms with van der Waals surface area (Å²) < 4.78 is 139. The Kier molecular flexibility index (Phi) is 18.8. The van der Waals surface area contributed by atoms with Crippen LogP contribution >= 0.6 is 94.1 Å². The lowest BCUT2D eigenvalue weighted by atomic mass is 9.78. The lowest BCUT2D eigenvalue weighted by molar-refractivity contribution is 0.253. The molecule has 12 fully saturated rings. The van der Waals surface area contributed by atoms with Crippen molar-refractivity contribution in [3.63, 3.8) is 0 Å². The normalized spacial score (nSPS) is 49.1. The van der Waals surface area contributed by atoms with Gasteiger partial charge in [0.05, 0.1) is 40.5 Å². The molecule has 24 heteroatoms. The highest BCUT2D eigenvalue weighted by Gasteiger charge is 2.66. The second-order valence-corrected chi connectivity index (χ2v) is 44.4. The SMILES string of the molecule is CC1CC2C(CCCCS(=O)(=O)[O-])C3CC(C4CC5C(CCCCS(=O)(=O)[O-])C6CC(C7CC8C(CCCCS(=O)(=O)[O-])C9CC(C%10CC%11C(CCCCS(=O)(=O)[O-])C%12CC(C)SC%12C%11S%10)SC9C8S7)SC6C5S4)SC3C2S1. The van der Waals surface area contributed by atoms with E-state index in [1.54, 1.807) is 0 Å². The van der Waals surface area contributed by atoms with E-state index < -0.39 is 40.5 Å². The summed E-state index contributed by atoms with van der Waals surface area (Å²) in [5.74, 6) is 6.18. The van der Waals surface area contributed by atoms with E-state index in [0.717, 1.165) is 51.4 Å². The average Bonchev–Trinajstić information content (AvgIpc) is 4.06. The van der Waals surface area contributed by atoms with E-state index in [4.69, 9.17) is 0 Å². The summed E-state index contributed by atoms with van der Waals surface area (Å²) in [5, 5.41) is 9.61. The monoisotopic (exact) mass is 1310 g/mol. The van der Waals surface area contributed by atoms with Gasteiger partial charge in [-0.1, -0.05) is 39.5 Å². The first-order valence-corrected chi connectivity index (χ1v) is 43.8. The van der Waals surface area contributed by atoms with E-state index in [1.165, 1.54) is 51.4 Å². The van der Waals surface area contributed by atoms with Gasteiger partial charge < -0.3 is 18.2 Å². The van der Waals surface area contributed by atoms with Crippen molar-refractivity contribution in [3.8, 4) is 0 Å². The maximum atomic E-state index is 11.7. The molecule has 0 aromatic rings. The van der Waals surface area contributed by atoms with Crippen LogP contribution in [-0.4, -0.2) is 159 Å². The quantitative estimate of drug-likeness (QED) is 0.0684. The zero-order chi connectivity index (χ0) is 54.8. The van der Waals surface area contributed by atoms with E-state index in [0.29, 0.717) is 181 Å². The van der Waals surface area contributed by atoms with Crippen molar-refractivity contribution in [2.45, 2.75) is 226 Å². The summed E-state index contributed by atoms with van der Waals surface area (Å²) in [6.45, 7) is 4.74. The molecule has 28 atom stereocenters. The van der Waals surface area contributed by atoms with Gasteiger partial charge in [-0.05, 0) is 174 Å². The van der Waals surface area contributed by atoms with Crippen LogP contribution in [0.1, 0.15) is 142 Å². The van der Waals surface area contributed by atoms with E-state index >= 15 is 0 Å². The molecular formula is C54H82O12S12-4. The summed E-state index contributed by atoms with van der Waals surface area (Å²) in [5.41, 5.74) is 0. The number of rotatable bonds is 23. The molecule has 0 amide bonds. The minimum atomic E-state index is -4.26. The van der Waals surface area contributed by atoms with Crippen LogP contribution in [0.15, 0.2) is 0 Å². The molecule has 0 aromatic carbocycles. The zero-order valence-electron chi connectivity index (χ0n) is 44.9. The number of hydrogen-bond donors (Lipinski definition) is 0. The third-order valence-corrected chi connectivity index (χ3v) is 40.6. The highest BCUT2D eigenvalue weighted by molar-refractivity contribution is 8.09. The van der Waals surface area contributed by atoms with Crippen LogP contribution in [0, 0.1) is 71.0 Å². The van der Waals surface area contributed by atoms with Crippen molar-refractivity contribution in [1.29, 1.82) is 0 Å². The second-order valence-electron chi connectivity index (χ2n) is 26.5. The van der Waals surface area contributed by atoms with Crippen LogP contribution in [0.3, 0.4) is 0 Å². The first-order valence-electron chi connectivity index (χ1n) is 29.9. The molecule has 12 nitrogen and oxygen atoms in total. The topological polar surface area (TPSA) is 229 Å². The minimum Gasteiger partial charge on any atom is -0.748 e. The molecule has 78 heavy (non-hydrogen) atoms. The van der Waals surface area contributed by atoms with E-state index in [-0.39, 0.29) is 23.0 Å². The minimum absolute atomic E-state index is 0.265. The summed E-state index contributed by atoms with van der Waals surface area (Å²) in [6, 6.07) is 0. The Labute approximate surface area is 502 Å². The van der Waals surface area contributed by atoms with Crippen molar-refractivity contribution in [2.24, 2.45) is 71.0 Å². The molecule has 0 aromatic heterocycles. The average molecular weight is 1310 g/mol.